The van der Waals surface area contributed by atoms with Crippen LogP contribution in [-0.4, -0.2) is 95.0 Å². The Morgan fingerprint density at radius 2 is 0.944 bits per heavy atom. The second kappa shape index (κ2) is 17.5. The summed E-state index contributed by atoms with van der Waals surface area (Å²) < 4.78 is 8.70. The molecule has 2 N–H and O–H groups in total. The third-order valence-electron chi connectivity index (χ3n) is 12.6. The smallest absolute Gasteiger partial charge is 0.293 e. The molecule has 0 unspecified atom stereocenters. The van der Waals surface area contributed by atoms with E-state index in [1.165, 1.54) is 37.3 Å². The number of rotatable bonds is 5. The van der Waals surface area contributed by atoms with Crippen molar-refractivity contribution in [2.75, 3.05) is 0 Å². The molecule has 0 bridgehead atoms. The minimum atomic E-state index is -0.747. The molecule has 8 heterocycles. The van der Waals surface area contributed by atoms with Crippen molar-refractivity contribution in [1.29, 1.82) is 0 Å². The average molecular weight is 961 g/mol. The van der Waals surface area contributed by atoms with Crippen molar-refractivity contribution in [3.63, 3.8) is 0 Å². The standard InChI is InChI=1S/C22H16N4O3.C18H14N4O3.C13H10N2O3/c1-13(27)26-21(28)19(15-11-24(2)17-9-5-3-7-14(15)17)20(22(26)29)25-12-23-16-8-4-6-10-18(16)25;1-11(23)22-17(24)15(16(18(22)25)21-8-7-19-10-21)13-9-20(2)14-6-4-3-5-12(13)14;1-15-6-8(7-4-2-3-5-9(7)15)10-11(16)13(18)14-12(10)17/h3-12H,1-2H3;3-10H,1-2H3;2-6H,1H3,(H2,14,16,17,18). The third kappa shape index (κ3) is 7.22. The van der Waals surface area contributed by atoms with Crippen molar-refractivity contribution in [2.45, 2.75) is 13.8 Å². The lowest BCUT2D eigenvalue weighted by molar-refractivity contribution is -0.149. The van der Waals surface area contributed by atoms with Crippen LogP contribution in [0.4, 0.5) is 0 Å². The lowest BCUT2D eigenvalue weighted by atomic mass is 10.0. The molecule has 0 radical (unpaired) electrons. The van der Waals surface area contributed by atoms with Gasteiger partial charge < -0.3 is 23.4 Å². The van der Waals surface area contributed by atoms with Gasteiger partial charge in [-0.15, -0.1) is 0 Å². The number of aliphatic hydroxyl groups excluding tert-OH is 1. The van der Waals surface area contributed by atoms with Crippen LogP contribution < -0.4 is 5.32 Å². The number of carbonyl (C=O) groups is 8. The molecule has 4 aromatic carbocycles. The quantitative estimate of drug-likeness (QED) is 0.203. The molecule has 12 rings (SSSR count). The number of benzene rings is 4. The summed E-state index contributed by atoms with van der Waals surface area (Å²) in [7, 11) is 5.59. The number of aliphatic hydroxyl groups is 1. The summed E-state index contributed by atoms with van der Waals surface area (Å²) in [6.45, 7) is 2.42. The van der Waals surface area contributed by atoms with Gasteiger partial charge in [0.25, 0.3) is 35.4 Å². The van der Waals surface area contributed by atoms with Crippen molar-refractivity contribution in [3.05, 3.63) is 163 Å². The fourth-order valence-corrected chi connectivity index (χ4v) is 9.40. The zero-order valence-electron chi connectivity index (χ0n) is 39.0. The van der Waals surface area contributed by atoms with Gasteiger partial charge in [0, 0.05) is 115 Å². The number of nitrogens with one attached hydrogen (secondary N) is 1. The number of imide groups is 7. The number of aryl methyl sites for hydroxylation is 3. The van der Waals surface area contributed by atoms with Gasteiger partial charge in [0.05, 0.1) is 34.1 Å². The zero-order valence-corrected chi connectivity index (χ0v) is 39.0. The number of para-hydroxylation sites is 5. The van der Waals surface area contributed by atoms with Gasteiger partial charge in [0.15, 0.2) is 5.76 Å². The summed E-state index contributed by atoms with van der Waals surface area (Å²) in [4.78, 5) is 109. The van der Waals surface area contributed by atoms with Crippen LogP contribution in [0.1, 0.15) is 30.5 Å². The first-order valence-corrected chi connectivity index (χ1v) is 22.2. The van der Waals surface area contributed by atoms with Gasteiger partial charge in [-0.05, 0) is 30.3 Å². The first kappa shape index (κ1) is 45.7. The van der Waals surface area contributed by atoms with E-state index < -0.39 is 53.0 Å². The molecule has 72 heavy (non-hydrogen) atoms. The largest absolute Gasteiger partial charge is 0.502 e. The highest BCUT2D eigenvalue weighted by molar-refractivity contribution is 6.52. The summed E-state index contributed by atoms with van der Waals surface area (Å²) in [5, 5.41) is 14.3. The lowest BCUT2D eigenvalue weighted by Gasteiger charge is -2.10. The second-order valence-electron chi connectivity index (χ2n) is 17.0. The predicted molar refractivity (Wildman–Crippen MR) is 265 cm³/mol. The van der Waals surface area contributed by atoms with E-state index in [0.29, 0.717) is 37.5 Å². The number of nitrogens with zero attached hydrogens (tertiary/aromatic N) is 9. The van der Waals surface area contributed by atoms with Crippen LogP contribution in [0.25, 0.3) is 71.9 Å². The number of amides is 8. The Morgan fingerprint density at radius 3 is 1.39 bits per heavy atom. The fraction of sp³-hybridized carbons (Fsp3) is 0.0943. The van der Waals surface area contributed by atoms with Crippen molar-refractivity contribution in [3.8, 4) is 0 Å². The summed E-state index contributed by atoms with van der Waals surface area (Å²) in [6.07, 6.45) is 11.4. The predicted octanol–water partition coefficient (Wildman–Crippen LogP) is 5.57. The molecule has 356 valence electrons. The molecule has 0 fully saturated rings. The van der Waals surface area contributed by atoms with Crippen LogP contribution in [0.15, 0.2) is 146 Å². The summed E-state index contributed by atoms with van der Waals surface area (Å²) >= 11 is 0. The number of hydrogen-bond acceptors (Lipinski definition) is 11. The van der Waals surface area contributed by atoms with Gasteiger partial charge in [-0.2, -0.15) is 0 Å². The van der Waals surface area contributed by atoms with E-state index in [4.69, 9.17) is 0 Å². The summed E-state index contributed by atoms with van der Waals surface area (Å²) in [5.74, 6) is -5.57. The molecule has 0 saturated carbocycles. The van der Waals surface area contributed by atoms with E-state index in [-0.39, 0.29) is 28.1 Å². The van der Waals surface area contributed by atoms with Crippen LogP contribution in [-0.2, 0) is 59.5 Å². The van der Waals surface area contributed by atoms with Gasteiger partial charge in [0.2, 0.25) is 11.8 Å². The Morgan fingerprint density at radius 1 is 0.514 bits per heavy atom. The van der Waals surface area contributed by atoms with Gasteiger partial charge >= 0.3 is 0 Å². The molecule has 19 nitrogen and oxygen atoms in total. The summed E-state index contributed by atoms with van der Waals surface area (Å²) in [5.41, 5.74) is 6.66. The van der Waals surface area contributed by atoms with Crippen LogP contribution in [0.2, 0.25) is 0 Å². The number of fused-ring (bicyclic) bond motifs is 4. The maximum absolute atomic E-state index is 13.2. The highest BCUT2D eigenvalue weighted by atomic mass is 16.3. The van der Waals surface area contributed by atoms with E-state index in [2.05, 4.69) is 15.3 Å². The minimum Gasteiger partial charge on any atom is -0.502 e. The number of aromatic nitrogens is 7. The molecule has 19 heteroatoms. The van der Waals surface area contributed by atoms with Gasteiger partial charge in [0.1, 0.15) is 17.7 Å². The van der Waals surface area contributed by atoms with Gasteiger partial charge in [-0.25, -0.2) is 19.8 Å². The second-order valence-corrected chi connectivity index (χ2v) is 17.0. The van der Waals surface area contributed by atoms with E-state index in [9.17, 15) is 43.5 Å². The van der Waals surface area contributed by atoms with Crippen molar-refractivity contribution < 1.29 is 43.5 Å². The molecule has 0 saturated heterocycles. The average Bonchev–Trinajstić information content (AvgIpc) is 4.26. The number of imidazole rings is 2. The zero-order chi connectivity index (χ0) is 50.9. The van der Waals surface area contributed by atoms with Crippen molar-refractivity contribution >= 4 is 119 Å². The van der Waals surface area contributed by atoms with Crippen LogP contribution in [0.5, 0.6) is 0 Å². The van der Waals surface area contributed by atoms with E-state index in [0.717, 1.165) is 32.7 Å². The Balaban J connectivity index is 0.000000128. The third-order valence-corrected chi connectivity index (χ3v) is 12.6. The molecule has 0 aliphatic carbocycles. The van der Waals surface area contributed by atoms with Crippen LogP contribution >= 0.6 is 0 Å². The molecule has 8 amide bonds. The SMILES string of the molecule is CC(=O)N1C(=O)C(c2cn(C)c3ccccc23)=C(n2ccnc2)C1=O.CC(=O)N1C(=O)C(c2cn(C)c3ccccc23)=C(n2cnc3ccccc32)C1=O.Cn1cc(C2=C(O)C(=O)NC2=O)c2ccccc21. The monoisotopic (exact) mass is 960 g/mol. The molecule has 9 aromatic rings. The van der Waals surface area contributed by atoms with Crippen LogP contribution in [0, 0.1) is 0 Å². The Labute approximate surface area is 407 Å². The normalized spacial score (nSPS) is 15.0. The molecule has 3 aliphatic heterocycles. The van der Waals surface area contributed by atoms with Crippen molar-refractivity contribution in [1.82, 2.24) is 47.9 Å². The van der Waals surface area contributed by atoms with Crippen molar-refractivity contribution in [2.24, 2.45) is 21.1 Å². The first-order chi connectivity index (χ1) is 34.6. The lowest BCUT2D eigenvalue weighted by Crippen LogP contribution is -2.36. The van der Waals surface area contributed by atoms with Gasteiger partial charge in [-0.1, -0.05) is 66.7 Å². The van der Waals surface area contributed by atoms with E-state index in [1.807, 2.05) is 138 Å². The maximum atomic E-state index is 13.2. The molecule has 5 aromatic heterocycles. The molecule has 0 atom stereocenters. The molecular formula is C53H40N10O9. The number of carbonyl (C=O) groups excluding carboxylic acids is 8. The van der Waals surface area contributed by atoms with E-state index in [1.54, 1.807) is 23.2 Å². The topological polar surface area (TPSA) is 226 Å². The highest BCUT2D eigenvalue weighted by Crippen LogP contribution is 2.39. The molecule has 3 aliphatic rings. The van der Waals surface area contributed by atoms with Gasteiger partial charge in [-0.3, -0.25) is 48.2 Å². The maximum Gasteiger partial charge on any atom is 0.293 e. The van der Waals surface area contributed by atoms with Crippen LogP contribution in [0.3, 0.4) is 0 Å². The van der Waals surface area contributed by atoms with E-state index >= 15 is 0 Å². The summed E-state index contributed by atoms with van der Waals surface area (Å²) in [6, 6.07) is 30.0. The minimum absolute atomic E-state index is 0.0387. The fourth-order valence-electron chi connectivity index (χ4n) is 9.40. The first-order valence-electron chi connectivity index (χ1n) is 22.2. The number of hydrogen-bond donors (Lipinski definition) is 2. The Kier molecular flexibility index (Phi) is 11.1. The Bertz CT molecular complexity index is 3990. The Hall–Kier alpha value is -10.0. The highest BCUT2D eigenvalue weighted by Gasteiger charge is 2.45. The molecular weight excluding hydrogens is 921 g/mol. The molecule has 0 spiro atoms.